The first-order valence-electron chi connectivity index (χ1n) is 14.6. The molecule has 44 heavy (non-hydrogen) atoms. The number of carbonyl (C=O) groups excluding carboxylic acids is 2. The van der Waals surface area contributed by atoms with E-state index in [0.717, 1.165) is 32.8 Å². The van der Waals surface area contributed by atoms with Crippen molar-refractivity contribution < 1.29 is 24.2 Å². The molecule has 5 rings (SSSR count). The molecule has 0 spiro atoms. The Balaban J connectivity index is 1.27. The molecule has 228 valence electrons. The van der Waals surface area contributed by atoms with Gasteiger partial charge < -0.3 is 30.5 Å². The second-order valence-electron chi connectivity index (χ2n) is 10.8. The summed E-state index contributed by atoms with van der Waals surface area (Å²) in [7, 11) is 0. The Morgan fingerprint density at radius 2 is 1.41 bits per heavy atom. The van der Waals surface area contributed by atoms with Crippen LogP contribution in [0.25, 0.3) is 0 Å². The van der Waals surface area contributed by atoms with Crippen molar-refractivity contribution in [2.24, 2.45) is 5.92 Å². The van der Waals surface area contributed by atoms with Crippen molar-refractivity contribution in [2.75, 3.05) is 16.4 Å². The molecule has 0 bridgehead atoms. The van der Waals surface area contributed by atoms with Gasteiger partial charge in [0, 0.05) is 47.0 Å². The van der Waals surface area contributed by atoms with Crippen molar-refractivity contribution in [3.63, 3.8) is 0 Å². The average molecular weight is 612 g/mol. The lowest BCUT2D eigenvalue weighted by Crippen LogP contribution is -2.38. The zero-order valence-corrected chi connectivity index (χ0v) is 25.6. The van der Waals surface area contributed by atoms with Gasteiger partial charge in [-0.05, 0) is 53.1 Å². The lowest BCUT2D eigenvalue weighted by Gasteiger charge is -2.41. The lowest BCUT2D eigenvalue weighted by molar-refractivity contribution is -0.268. The molecule has 4 atom stereocenters. The summed E-state index contributed by atoms with van der Waals surface area (Å²) in [5.74, 6) is 0.646. The number of urea groups is 1. The number of aliphatic hydroxyl groups is 1. The number of hydrogen-bond acceptors (Lipinski definition) is 6. The number of nitrogens with one attached hydrogen (secondary N) is 3. The maximum atomic E-state index is 12.4. The molecule has 8 nitrogen and oxygen atoms in total. The molecule has 4 aromatic rings. The average Bonchev–Trinajstić information content (AvgIpc) is 3.05. The number of hydrogen-bond donors (Lipinski definition) is 4. The summed E-state index contributed by atoms with van der Waals surface area (Å²) in [6.07, 6.45) is -0.962. The van der Waals surface area contributed by atoms with E-state index >= 15 is 0 Å². The minimum atomic E-state index is -0.609. The molecule has 4 N–H and O–H groups in total. The number of benzene rings is 4. The van der Waals surface area contributed by atoms with E-state index in [4.69, 9.17) is 9.47 Å². The molecule has 0 aromatic heterocycles. The van der Waals surface area contributed by atoms with E-state index in [1.807, 2.05) is 103 Å². The summed E-state index contributed by atoms with van der Waals surface area (Å²) in [5, 5.41) is 18.1. The summed E-state index contributed by atoms with van der Waals surface area (Å²) in [6.45, 7) is 4.04. The van der Waals surface area contributed by atoms with Gasteiger partial charge in [-0.15, -0.1) is 11.8 Å². The Labute approximate surface area is 262 Å². The van der Waals surface area contributed by atoms with Crippen LogP contribution >= 0.6 is 11.8 Å². The molecular formula is C35H37N3O5S. The van der Waals surface area contributed by atoms with Crippen molar-refractivity contribution in [3.8, 4) is 0 Å². The Morgan fingerprint density at radius 3 is 2.07 bits per heavy atom. The Morgan fingerprint density at radius 1 is 0.773 bits per heavy atom. The molecule has 1 saturated heterocycles. The SMILES string of the molecule is CC(=O)Nc1ccc(SCC2OC(c3ccc(NC(=O)NCc4ccccc4)cc3)OC(c3ccc(CO)cc3)C2C)cc1. The van der Waals surface area contributed by atoms with Gasteiger partial charge in [0.25, 0.3) is 0 Å². The molecular weight excluding hydrogens is 574 g/mol. The van der Waals surface area contributed by atoms with Crippen LogP contribution in [0.3, 0.4) is 0 Å². The first-order valence-corrected chi connectivity index (χ1v) is 15.6. The zero-order chi connectivity index (χ0) is 30.9. The standard InChI is InChI=1S/C35H37N3O5S/c1-23-32(22-44-31-18-16-29(17-19-31)37-24(2)40)42-34(43-33(23)27-10-8-26(21-39)9-11-27)28-12-14-30(15-13-28)38-35(41)36-20-25-6-4-3-5-7-25/h3-19,23,32-34,39H,20-22H2,1-2H3,(H,37,40)(H2,36,38,41). The van der Waals surface area contributed by atoms with Gasteiger partial charge in [-0.3, -0.25) is 4.79 Å². The summed E-state index contributed by atoms with van der Waals surface area (Å²) in [6, 6.07) is 32.6. The largest absolute Gasteiger partial charge is 0.392 e. The molecule has 1 aliphatic heterocycles. The quantitative estimate of drug-likeness (QED) is 0.143. The minimum absolute atomic E-state index is 0.0161. The van der Waals surface area contributed by atoms with Crippen LogP contribution < -0.4 is 16.0 Å². The molecule has 4 unspecified atom stereocenters. The number of aliphatic hydroxyl groups excluding tert-OH is 1. The maximum absolute atomic E-state index is 12.4. The minimum Gasteiger partial charge on any atom is -0.392 e. The fourth-order valence-electron chi connectivity index (χ4n) is 5.00. The van der Waals surface area contributed by atoms with Gasteiger partial charge >= 0.3 is 6.03 Å². The predicted octanol–water partition coefficient (Wildman–Crippen LogP) is 7.04. The molecule has 1 heterocycles. The number of carbonyl (C=O) groups is 2. The summed E-state index contributed by atoms with van der Waals surface area (Å²) in [5.41, 5.74) is 5.15. The number of amides is 3. The maximum Gasteiger partial charge on any atom is 0.319 e. The van der Waals surface area contributed by atoms with Crippen LogP contribution in [0.4, 0.5) is 16.2 Å². The van der Waals surface area contributed by atoms with E-state index in [1.54, 1.807) is 11.8 Å². The molecule has 1 fully saturated rings. The predicted molar refractivity (Wildman–Crippen MR) is 173 cm³/mol. The van der Waals surface area contributed by atoms with Crippen LogP contribution in [-0.2, 0) is 27.4 Å². The van der Waals surface area contributed by atoms with Gasteiger partial charge in [0.2, 0.25) is 5.91 Å². The monoisotopic (exact) mass is 611 g/mol. The van der Waals surface area contributed by atoms with Gasteiger partial charge in [-0.1, -0.05) is 73.7 Å². The van der Waals surface area contributed by atoms with Crippen LogP contribution in [0.5, 0.6) is 0 Å². The molecule has 1 aliphatic rings. The second kappa shape index (κ2) is 15.0. The third-order valence-corrected chi connectivity index (χ3v) is 8.55. The molecule has 0 saturated carbocycles. The summed E-state index contributed by atoms with van der Waals surface area (Å²) >= 11 is 1.69. The molecule has 4 aromatic carbocycles. The topological polar surface area (TPSA) is 109 Å². The molecule has 0 radical (unpaired) electrons. The fraction of sp³-hybridized carbons (Fsp3) is 0.257. The van der Waals surface area contributed by atoms with E-state index < -0.39 is 6.29 Å². The smallest absolute Gasteiger partial charge is 0.319 e. The van der Waals surface area contributed by atoms with Crippen LogP contribution in [0.1, 0.15) is 48.5 Å². The first kappa shape index (κ1) is 31.3. The van der Waals surface area contributed by atoms with Crippen molar-refractivity contribution >= 4 is 35.1 Å². The Hall–Kier alpha value is -4.15. The number of anilines is 2. The van der Waals surface area contributed by atoms with Crippen LogP contribution in [-0.4, -0.2) is 28.9 Å². The highest BCUT2D eigenvalue weighted by atomic mass is 32.2. The van der Waals surface area contributed by atoms with E-state index in [0.29, 0.717) is 18.0 Å². The number of rotatable bonds is 10. The normalized spacial score (nSPS) is 19.6. The zero-order valence-electron chi connectivity index (χ0n) is 24.7. The summed E-state index contributed by atoms with van der Waals surface area (Å²) in [4.78, 5) is 24.9. The van der Waals surface area contributed by atoms with E-state index in [2.05, 4.69) is 22.9 Å². The number of ether oxygens (including phenoxy) is 2. The van der Waals surface area contributed by atoms with Crippen LogP contribution in [0.2, 0.25) is 0 Å². The van der Waals surface area contributed by atoms with Crippen molar-refractivity contribution in [3.05, 3.63) is 125 Å². The van der Waals surface area contributed by atoms with Crippen molar-refractivity contribution in [2.45, 2.75) is 50.4 Å². The second-order valence-corrected chi connectivity index (χ2v) is 11.8. The van der Waals surface area contributed by atoms with E-state index in [1.165, 1.54) is 6.92 Å². The molecule has 0 aliphatic carbocycles. The fourth-order valence-corrected chi connectivity index (χ4v) is 6.07. The number of thioether (sulfide) groups is 1. The third-order valence-electron chi connectivity index (χ3n) is 7.45. The van der Waals surface area contributed by atoms with Crippen molar-refractivity contribution in [1.82, 2.24) is 5.32 Å². The Kier molecular flexibility index (Phi) is 10.7. The third kappa shape index (κ3) is 8.48. The molecule has 9 heteroatoms. The highest BCUT2D eigenvalue weighted by Gasteiger charge is 2.38. The van der Waals surface area contributed by atoms with Gasteiger partial charge in [0.05, 0.1) is 18.8 Å². The van der Waals surface area contributed by atoms with Gasteiger partial charge in [-0.2, -0.15) is 0 Å². The Bertz CT molecular complexity index is 1520. The van der Waals surface area contributed by atoms with E-state index in [9.17, 15) is 14.7 Å². The highest BCUT2D eigenvalue weighted by Crippen LogP contribution is 2.43. The summed E-state index contributed by atoms with van der Waals surface area (Å²) < 4.78 is 13.1. The van der Waals surface area contributed by atoms with Crippen LogP contribution in [0.15, 0.2) is 108 Å². The van der Waals surface area contributed by atoms with Gasteiger partial charge in [0.1, 0.15) is 0 Å². The van der Waals surface area contributed by atoms with Crippen LogP contribution in [0, 0.1) is 5.92 Å². The highest BCUT2D eigenvalue weighted by molar-refractivity contribution is 7.99. The first-order chi connectivity index (χ1) is 21.4. The van der Waals surface area contributed by atoms with Crippen molar-refractivity contribution in [1.29, 1.82) is 0 Å². The van der Waals surface area contributed by atoms with Gasteiger partial charge in [-0.25, -0.2) is 4.79 Å². The lowest BCUT2D eigenvalue weighted by atomic mass is 9.91. The molecule has 3 amide bonds. The van der Waals surface area contributed by atoms with Gasteiger partial charge in [0.15, 0.2) is 6.29 Å². The van der Waals surface area contributed by atoms with E-state index in [-0.39, 0.29) is 36.7 Å².